The van der Waals surface area contributed by atoms with Crippen molar-refractivity contribution in [2.24, 2.45) is 5.41 Å². The molecule has 1 atom stereocenters. The second-order valence-corrected chi connectivity index (χ2v) is 6.86. The van der Waals surface area contributed by atoms with E-state index in [0.717, 1.165) is 0 Å². The van der Waals surface area contributed by atoms with E-state index in [9.17, 15) is 19.5 Å². The van der Waals surface area contributed by atoms with Crippen molar-refractivity contribution in [1.82, 2.24) is 4.90 Å². The summed E-state index contributed by atoms with van der Waals surface area (Å²) in [6, 6.07) is 9.68. The lowest BCUT2D eigenvalue weighted by atomic mass is 9.80. The van der Waals surface area contributed by atoms with Crippen molar-refractivity contribution in [2.45, 2.75) is 12.8 Å². The van der Waals surface area contributed by atoms with Gasteiger partial charge in [0.05, 0.1) is 12.9 Å². The summed E-state index contributed by atoms with van der Waals surface area (Å²) in [6.45, 7) is 0.601. The van der Waals surface area contributed by atoms with E-state index in [1.54, 1.807) is 36.4 Å². The molecule has 2 amide bonds. The number of hydrogen-bond acceptors (Lipinski definition) is 5. The number of aliphatic carboxylic acids is 1. The fourth-order valence-electron chi connectivity index (χ4n) is 3.45. The third kappa shape index (κ3) is 4.07. The number of carbonyl (C=O) groups excluding carboxylic acids is 2. The molecule has 0 saturated carbocycles. The number of methoxy groups -OCH3 is 1. The van der Waals surface area contributed by atoms with Crippen LogP contribution in [-0.4, -0.2) is 54.6 Å². The SMILES string of the molecule is COCC1(C(=O)O)CCCN(C(=O)c2cccc(NC(=O)c3ccco3)c2)C1. The number of furan rings is 1. The third-order valence-electron chi connectivity index (χ3n) is 4.85. The first-order chi connectivity index (χ1) is 13.4. The second-order valence-electron chi connectivity index (χ2n) is 6.86. The van der Waals surface area contributed by atoms with Crippen LogP contribution >= 0.6 is 0 Å². The van der Waals surface area contributed by atoms with Gasteiger partial charge >= 0.3 is 5.97 Å². The molecule has 148 valence electrons. The average Bonchev–Trinajstić information content (AvgIpc) is 3.23. The molecule has 1 aromatic carbocycles. The Hall–Kier alpha value is -3.13. The lowest BCUT2D eigenvalue weighted by molar-refractivity contribution is -0.155. The van der Waals surface area contributed by atoms with Crippen molar-refractivity contribution in [3.8, 4) is 0 Å². The van der Waals surface area contributed by atoms with Gasteiger partial charge in [0.25, 0.3) is 11.8 Å². The van der Waals surface area contributed by atoms with Crippen molar-refractivity contribution in [3.63, 3.8) is 0 Å². The fraction of sp³-hybridized carbons (Fsp3) is 0.350. The molecule has 1 aliphatic heterocycles. The van der Waals surface area contributed by atoms with Crippen LogP contribution in [0.25, 0.3) is 0 Å². The molecule has 1 aromatic heterocycles. The van der Waals surface area contributed by atoms with Crippen LogP contribution in [-0.2, 0) is 9.53 Å². The van der Waals surface area contributed by atoms with E-state index in [1.807, 2.05) is 0 Å². The fourth-order valence-corrected chi connectivity index (χ4v) is 3.45. The highest BCUT2D eigenvalue weighted by molar-refractivity contribution is 6.03. The standard InChI is InChI=1S/C20H22N2O6/c1-27-13-20(19(25)26)8-4-9-22(12-20)18(24)14-5-2-6-15(11-14)21-17(23)16-7-3-10-28-16/h2-3,5-7,10-11H,4,8-9,12-13H2,1H3,(H,21,23)(H,25,26). The summed E-state index contributed by atoms with van der Waals surface area (Å²) in [5.41, 5.74) is -0.283. The van der Waals surface area contributed by atoms with Crippen LogP contribution in [0.2, 0.25) is 0 Å². The Labute approximate surface area is 162 Å². The van der Waals surface area contributed by atoms with Crippen molar-refractivity contribution in [3.05, 3.63) is 54.0 Å². The minimum Gasteiger partial charge on any atom is -0.481 e. The molecule has 0 radical (unpaired) electrons. The normalized spacial score (nSPS) is 19.2. The van der Waals surface area contributed by atoms with Crippen LogP contribution in [0.1, 0.15) is 33.8 Å². The van der Waals surface area contributed by atoms with E-state index in [-0.39, 0.29) is 24.8 Å². The molecule has 0 bridgehead atoms. The number of nitrogens with one attached hydrogen (secondary N) is 1. The Kier molecular flexibility index (Phi) is 5.79. The van der Waals surface area contributed by atoms with Gasteiger partial charge < -0.3 is 24.5 Å². The predicted octanol–water partition coefficient (Wildman–Crippen LogP) is 2.49. The highest BCUT2D eigenvalue weighted by atomic mass is 16.5. The summed E-state index contributed by atoms with van der Waals surface area (Å²) in [7, 11) is 1.45. The number of ether oxygens (including phenoxy) is 1. The first kappa shape index (κ1) is 19.6. The summed E-state index contributed by atoms with van der Waals surface area (Å²) < 4.78 is 10.2. The number of likely N-dealkylation sites (tertiary alicyclic amines) is 1. The molecule has 8 nitrogen and oxygen atoms in total. The number of nitrogens with zero attached hydrogens (tertiary/aromatic N) is 1. The second kappa shape index (κ2) is 8.26. The van der Waals surface area contributed by atoms with E-state index in [2.05, 4.69) is 5.32 Å². The zero-order valence-electron chi connectivity index (χ0n) is 15.5. The van der Waals surface area contributed by atoms with Crippen molar-refractivity contribution >= 4 is 23.5 Å². The van der Waals surface area contributed by atoms with Crippen LogP contribution in [0.5, 0.6) is 0 Å². The van der Waals surface area contributed by atoms with Crippen LogP contribution in [0.3, 0.4) is 0 Å². The smallest absolute Gasteiger partial charge is 0.313 e. The van der Waals surface area contributed by atoms with Gasteiger partial charge in [-0.1, -0.05) is 6.07 Å². The summed E-state index contributed by atoms with van der Waals surface area (Å²) in [6.07, 6.45) is 2.44. The monoisotopic (exact) mass is 386 g/mol. The van der Waals surface area contributed by atoms with Crippen LogP contribution in [0.15, 0.2) is 47.1 Å². The first-order valence-electron chi connectivity index (χ1n) is 8.92. The molecule has 2 N–H and O–H groups in total. The van der Waals surface area contributed by atoms with Gasteiger partial charge in [-0.3, -0.25) is 14.4 Å². The van der Waals surface area contributed by atoms with Gasteiger partial charge in [-0.15, -0.1) is 0 Å². The van der Waals surface area contributed by atoms with Gasteiger partial charge in [0, 0.05) is 31.5 Å². The molecule has 1 unspecified atom stereocenters. The van der Waals surface area contributed by atoms with Gasteiger partial charge in [-0.05, 0) is 43.2 Å². The minimum absolute atomic E-state index is 0.0470. The highest BCUT2D eigenvalue weighted by Crippen LogP contribution is 2.31. The lowest BCUT2D eigenvalue weighted by Gasteiger charge is -2.39. The molecule has 1 aliphatic rings. The van der Waals surface area contributed by atoms with Crippen LogP contribution in [0.4, 0.5) is 5.69 Å². The number of anilines is 1. The largest absolute Gasteiger partial charge is 0.481 e. The van der Waals surface area contributed by atoms with Crippen molar-refractivity contribution < 1.29 is 28.6 Å². The van der Waals surface area contributed by atoms with Gasteiger partial charge in [0.15, 0.2) is 5.76 Å². The quantitative estimate of drug-likeness (QED) is 0.789. The van der Waals surface area contributed by atoms with Gasteiger partial charge in [0.2, 0.25) is 0 Å². The van der Waals surface area contributed by atoms with Crippen LogP contribution in [0, 0.1) is 5.41 Å². The molecular formula is C20H22N2O6. The summed E-state index contributed by atoms with van der Waals surface area (Å²) >= 11 is 0. The lowest BCUT2D eigenvalue weighted by Crippen LogP contribution is -2.52. The minimum atomic E-state index is -1.10. The van der Waals surface area contributed by atoms with E-state index in [0.29, 0.717) is 30.6 Å². The predicted molar refractivity (Wildman–Crippen MR) is 100 cm³/mol. The third-order valence-corrected chi connectivity index (χ3v) is 4.85. The molecule has 2 aromatic rings. The Balaban J connectivity index is 1.75. The molecule has 0 spiro atoms. The van der Waals surface area contributed by atoms with Gasteiger partial charge in [-0.2, -0.15) is 0 Å². The molecular weight excluding hydrogens is 364 g/mol. The topological polar surface area (TPSA) is 109 Å². The summed E-state index contributed by atoms with van der Waals surface area (Å²) in [5, 5.41) is 12.3. The molecule has 1 saturated heterocycles. The van der Waals surface area contributed by atoms with Gasteiger partial charge in [-0.25, -0.2) is 0 Å². The van der Waals surface area contributed by atoms with Gasteiger partial charge in [0.1, 0.15) is 5.41 Å². The number of hydrogen-bond donors (Lipinski definition) is 2. The van der Waals surface area contributed by atoms with E-state index in [1.165, 1.54) is 18.3 Å². The van der Waals surface area contributed by atoms with E-state index in [4.69, 9.17) is 9.15 Å². The van der Waals surface area contributed by atoms with Crippen LogP contribution < -0.4 is 5.32 Å². The highest BCUT2D eigenvalue weighted by Gasteiger charge is 2.44. The number of benzene rings is 1. The Morgan fingerprint density at radius 1 is 1.29 bits per heavy atom. The maximum absolute atomic E-state index is 12.9. The summed E-state index contributed by atoms with van der Waals surface area (Å²) in [5.74, 6) is -1.50. The number of rotatable bonds is 6. The number of carboxylic acids is 1. The Morgan fingerprint density at radius 3 is 2.79 bits per heavy atom. The molecule has 8 heteroatoms. The average molecular weight is 386 g/mol. The molecule has 2 heterocycles. The maximum atomic E-state index is 12.9. The molecule has 0 aliphatic carbocycles. The van der Waals surface area contributed by atoms with Crippen molar-refractivity contribution in [2.75, 3.05) is 32.1 Å². The Morgan fingerprint density at radius 2 is 2.11 bits per heavy atom. The van der Waals surface area contributed by atoms with Crippen molar-refractivity contribution in [1.29, 1.82) is 0 Å². The van der Waals surface area contributed by atoms with E-state index >= 15 is 0 Å². The zero-order chi connectivity index (χ0) is 20.1. The molecule has 1 fully saturated rings. The number of piperidine rings is 1. The molecule has 3 rings (SSSR count). The number of carbonyl (C=O) groups is 3. The summed E-state index contributed by atoms with van der Waals surface area (Å²) in [4.78, 5) is 38.4. The number of carboxylic acid groups (broad SMARTS) is 1. The molecule has 28 heavy (non-hydrogen) atoms. The first-order valence-corrected chi connectivity index (χ1v) is 8.92. The zero-order valence-corrected chi connectivity index (χ0v) is 15.5. The Bertz CT molecular complexity index is 859. The van der Waals surface area contributed by atoms with E-state index < -0.39 is 17.3 Å². The number of amides is 2. The maximum Gasteiger partial charge on any atom is 0.313 e.